The number of nitrogens with zero attached hydrogens (tertiary/aromatic N) is 3. The maximum Gasteiger partial charge on any atom is 0.224 e. The van der Waals surface area contributed by atoms with E-state index in [1.807, 2.05) is 37.6 Å². The van der Waals surface area contributed by atoms with Crippen LogP contribution in [-0.2, 0) is 11.8 Å². The number of carbonyl (C=O) groups is 1. The van der Waals surface area contributed by atoms with Crippen molar-refractivity contribution in [3.8, 4) is 0 Å². The lowest BCUT2D eigenvalue weighted by Gasteiger charge is -2.16. The van der Waals surface area contributed by atoms with Crippen LogP contribution < -0.4 is 5.32 Å². The summed E-state index contributed by atoms with van der Waals surface area (Å²) in [5.41, 5.74) is 2.08. The van der Waals surface area contributed by atoms with Gasteiger partial charge in [0.25, 0.3) is 0 Å². The molecule has 0 aliphatic heterocycles. The molecule has 1 aliphatic carbocycles. The number of hydrogen-bond acceptors (Lipinski definition) is 3. The van der Waals surface area contributed by atoms with Gasteiger partial charge in [0.1, 0.15) is 0 Å². The molecule has 1 amide bonds. The Bertz CT molecular complexity index is 622. The standard InChI is InChI=1S/C16H20N4O/c1-3-14(15-6-4-5-7-17-15)19-16(21)13-8-12(13)11-9-18-20(2)10-11/h4-7,9-10,12-14H,3,8H2,1-2H3,(H,19,21)/t12-,13+,14+/m0/s1. The second kappa shape index (κ2) is 5.68. The molecule has 0 bridgehead atoms. The molecule has 21 heavy (non-hydrogen) atoms. The van der Waals surface area contributed by atoms with Crippen LogP contribution in [0.2, 0.25) is 0 Å². The van der Waals surface area contributed by atoms with Gasteiger partial charge >= 0.3 is 0 Å². The molecule has 1 N–H and O–H groups in total. The van der Waals surface area contributed by atoms with E-state index in [0.717, 1.165) is 24.1 Å². The van der Waals surface area contributed by atoms with Crippen molar-refractivity contribution in [3.63, 3.8) is 0 Å². The Kier molecular flexibility index (Phi) is 3.73. The van der Waals surface area contributed by atoms with Crippen molar-refractivity contribution in [2.45, 2.75) is 31.7 Å². The molecule has 2 heterocycles. The normalized spacial score (nSPS) is 21.8. The van der Waals surface area contributed by atoms with Crippen molar-refractivity contribution in [1.82, 2.24) is 20.1 Å². The van der Waals surface area contributed by atoms with Crippen LogP contribution in [0.5, 0.6) is 0 Å². The Morgan fingerprint density at radius 3 is 3.00 bits per heavy atom. The van der Waals surface area contributed by atoms with Crippen LogP contribution in [0.25, 0.3) is 0 Å². The van der Waals surface area contributed by atoms with Crippen LogP contribution in [0.3, 0.4) is 0 Å². The fourth-order valence-electron chi connectivity index (χ4n) is 2.73. The maximum atomic E-state index is 12.4. The minimum Gasteiger partial charge on any atom is -0.347 e. The van der Waals surface area contributed by atoms with Crippen molar-refractivity contribution < 1.29 is 4.79 Å². The topological polar surface area (TPSA) is 59.8 Å². The predicted octanol–water partition coefficient (Wildman–Crippen LogP) is 2.19. The van der Waals surface area contributed by atoms with E-state index in [1.165, 1.54) is 0 Å². The SMILES string of the molecule is CC[C@@H](NC(=O)[C@@H]1C[C@H]1c1cnn(C)c1)c1ccccn1. The molecule has 5 nitrogen and oxygen atoms in total. The average Bonchev–Trinajstić information content (AvgIpc) is 3.20. The molecule has 1 fully saturated rings. The predicted molar refractivity (Wildman–Crippen MR) is 79.5 cm³/mol. The van der Waals surface area contributed by atoms with Crippen molar-refractivity contribution in [1.29, 1.82) is 0 Å². The van der Waals surface area contributed by atoms with E-state index < -0.39 is 0 Å². The van der Waals surface area contributed by atoms with Gasteiger partial charge in [0.15, 0.2) is 0 Å². The summed E-state index contributed by atoms with van der Waals surface area (Å²) in [6.07, 6.45) is 7.37. The van der Waals surface area contributed by atoms with Gasteiger partial charge in [-0.05, 0) is 36.5 Å². The Balaban J connectivity index is 1.62. The molecule has 0 radical (unpaired) electrons. The number of hydrogen-bond donors (Lipinski definition) is 1. The van der Waals surface area contributed by atoms with Crippen molar-refractivity contribution in [2.75, 3.05) is 0 Å². The fourth-order valence-corrected chi connectivity index (χ4v) is 2.73. The lowest BCUT2D eigenvalue weighted by Crippen LogP contribution is -2.30. The van der Waals surface area contributed by atoms with Gasteiger partial charge in [0, 0.05) is 25.4 Å². The van der Waals surface area contributed by atoms with Crippen LogP contribution in [0.4, 0.5) is 0 Å². The van der Waals surface area contributed by atoms with Gasteiger partial charge in [-0.15, -0.1) is 0 Å². The molecule has 1 saturated carbocycles. The van der Waals surface area contributed by atoms with Gasteiger partial charge in [0.2, 0.25) is 5.91 Å². The molecule has 2 aromatic rings. The second-order valence-electron chi connectivity index (χ2n) is 5.62. The number of amides is 1. The fraction of sp³-hybridized carbons (Fsp3) is 0.438. The zero-order valence-electron chi connectivity index (χ0n) is 12.4. The monoisotopic (exact) mass is 284 g/mol. The van der Waals surface area contributed by atoms with E-state index in [-0.39, 0.29) is 17.9 Å². The van der Waals surface area contributed by atoms with Crippen LogP contribution >= 0.6 is 0 Å². The smallest absolute Gasteiger partial charge is 0.224 e. The molecule has 5 heteroatoms. The Labute approximate surface area is 124 Å². The minimum absolute atomic E-state index is 0.00570. The van der Waals surface area contributed by atoms with Gasteiger partial charge in [-0.25, -0.2) is 0 Å². The summed E-state index contributed by atoms with van der Waals surface area (Å²) < 4.78 is 1.78. The largest absolute Gasteiger partial charge is 0.347 e. The number of aryl methyl sites for hydroxylation is 1. The van der Waals surface area contributed by atoms with Crippen molar-refractivity contribution in [2.24, 2.45) is 13.0 Å². The molecule has 1 aliphatic rings. The molecule has 3 atom stereocenters. The highest BCUT2D eigenvalue weighted by atomic mass is 16.2. The summed E-state index contributed by atoms with van der Waals surface area (Å²) in [5.74, 6) is 0.522. The first-order valence-electron chi connectivity index (χ1n) is 7.39. The van der Waals surface area contributed by atoms with Crippen LogP contribution in [0.1, 0.15) is 43.0 Å². The summed E-state index contributed by atoms with van der Waals surface area (Å²) >= 11 is 0. The third-order valence-electron chi connectivity index (χ3n) is 4.05. The quantitative estimate of drug-likeness (QED) is 0.915. The van der Waals surface area contributed by atoms with Crippen LogP contribution in [-0.4, -0.2) is 20.7 Å². The Morgan fingerprint density at radius 2 is 2.38 bits per heavy atom. The zero-order chi connectivity index (χ0) is 14.8. The van der Waals surface area contributed by atoms with E-state index >= 15 is 0 Å². The lowest BCUT2D eigenvalue weighted by atomic mass is 10.1. The van der Waals surface area contributed by atoms with Gasteiger partial charge in [-0.2, -0.15) is 5.10 Å². The second-order valence-corrected chi connectivity index (χ2v) is 5.62. The number of carbonyl (C=O) groups excluding carboxylic acids is 1. The number of rotatable bonds is 5. The van der Waals surface area contributed by atoms with Crippen molar-refractivity contribution >= 4 is 5.91 Å². The van der Waals surface area contributed by atoms with E-state index in [1.54, 1.807) is 10.9 Å². The highest BCUT2D eigenvalue weighted by molar-refractivity contribution is 5.83. The summed E-state index contributed by atoms with van der Waals surface area (Å²) in [5, 5.41) is 7.29. The van der Waals surface area contributed by atoms with Crippen molar-refractivity contribution in [3.05, 3.63) is 48.0 Å². The molecule has 110 valence electrons. The summed E-state index contributed by atoms with van der Waals surface area (Å²) in [7, 11) is 1.90. The summed E-state index contributed by atoms with van der Waals surface area (Å²) in [6, 6.07) is 5.79. The van der Waals surface area contributed by atoms with E-state index in [9.17, 15) is 4.79 Å². The Morgan fingerprint density at radius 1 is 1.52 bits per heavy atom. The first-order chi connectivity index (χ1) is 10.2. The Hall–Kier alpha value is -2.17. The number of aromatic nitrogens is 3. The van der Waals surface area contributed by atoms with Gasteiger partial charge < -0.3 is 5.32 Å². The van der Waals surface area contributed by atoms with Gasteiger partial charge in [-0.3, -0.25) is 14.5 Å². The number of pyridine rings is 1. The zero-order valence-corrected chi connectivity index (χ0v) is 12.4. The highest BCUT2D eigenvalue weighted by Crippen LogP contribution is 2.47. The molecular weight excluding hydrogens is 264 g/mol. The molecule has 2 aromatic heterocycles. The highest BCUT2D eigenvalue weighted by Gasteiger charge is 2.45. The molecule has 0 spiro atoms. The lowest BCUT2D eigenvalue weighted by molar-refractivity contribution is -0.123. The van der Waals surface area contributed by atoms with Crippen LogP contribution in [0, 0.1) is 5.92 Å². The van der Waals surface area contributed by atoms with E-state index in [2.05, 4.69) is 22.3 Å². The van der Waals surface area contributed by atoms with Gasteiger partial charge in [-0.1, -0.05) is 13.0 Å². The van der Waals surface area contributed by atoms with Crippen LogP contribution in [0.15, 0.2) is 36.8 Å². The minimum atomic E-state index is -0.00570. The third-order valence-corrected chi connectivity index (χ3v) is 4.05. The molecule has 0 saturated heterocycles. The number of nitrogens with one attached hydrogen (secondary N) is 1. The molecule has 0 unspecified atom stereocenters. The van der Waals surface area contributed by atoms with Gasteiger partial charge in [0.05, 0.1) is 17.9 Å². The molecular formula is C16H20N4O. The molecule has 3 rings (SSSR count). The first kappa shape index (κ1) is 13.8. The first-order valence-corrected chi connectivity index (χ1v) is 7.39. The maximum absolute atomic E-state index is 12.4. The third kappa shape index (κ3) is 2.96. The van der Waals surface area contributed by atoms with E-state index in [0.29, 0.717) is 5.92 Å². The molecule has 0 aromatic carbocycles. The average molecular weight is 284 g/mol. The van der Waals surface area contributed by atoms with E-state index in [4.69, 9.17) is 0 Å². The summed E-state index contributed by atoms with van der Waals surface area (Å²) in [4.78, 5) is 16.7. The summed E-state index contributed by atoms with van der Waals surface area (Å²) in [6.45, 7) is 2.06.